The molecule has 0 saturated carbocycles. The Hall–Kier alpha value is -2.51. The third-order valence-corrected chi connectivity index (χ3v) is 2.07. The molecule has 0 bridgehead atoms. The smallest absolute Gasteiger partial charge is 0.344 e. The molecule has 3 amide bonds. The van der Waals surface area contributed by atoms with Crippen LogP contribution in [0.25, 0.3) is 0 Å². The Morgan fingerprint density at radius 3 is 2.26 bits per heavy atom. The van der Waals surface area contributed by atoms with Crippen LogP contribution in [0.15, 0.2) is 18.2 Å². The van der Waals surface area contributed by atoms with Gasteiger partial charge in [-0.3, -0.25) is 10.1 Å². The van der Waals surface area contributed by atoms with Crippen molar-refractivity contribution in [1.29, 1.82) is 0 Å². The van der Waals surface area contributed by atoms with Crippen molar-refractivity contribution in [2.75, 3.05) is 0 Å². The SMILES string of the molecule is CC(OC(=O)c1c(F)cccc1F)C(=O)NC(N)=O. The van der Waals surface area contributed by atoms with E-state index >= 15 is 0 Å². The van der Waals surface area contributed by atoms with Crippen molar-refractivity contribution in [2.24, 2.45) is 5.73 Å². The fraction of sp³-hybridized carbons (Fsp3) is 0.182. The van der Waals surface area contributed by atoms with E-state index in [1.807, 2.05) is 0 Å². The number of hydrogen-bond acceptors (Lipinski definition) is 4. The molecule has 3 N–H and O–H groups in total. The number of amides is 3. The van der Waals surface area contributed by atoms with Crippen molar-refractivity contribution < 1.29 is 27.9 Å². The number of halogens is 2. The van der Waals surface area contributed by atoms with Gasteiger partial charge in [-0.25, -0.2) is 18.4 Å². The minimum absolute atomic E-state index is 0.869. The van der Waals surface area contributed by atoms with Crippen LogP contribution in [-0.4, -0.2) is 24.0 Å². The van der Waals surface area contributed by atoms with Crippen molar-refractivity contribution in [3.63, 3.8) is 0 Å². The highest BCUT2D eigenvalue weighted by Crippen LogP contribution is 2.14. The summed E-state index contributed by atoms with van der Waals surface area (Å²) >= 11 is 0. The molecule has 1 rings (SSSR count). The number of nitrogens with one attached hydrogen (secondary N) is 1. The molecule has 0 heterocycles. The summed E-state index contributed by atoms with van der Waals surface area (Å²) in [6.07, 6.45) is -1.43. The highest BCUT2D eigenvalue weighted by molar-refractivity contribution is 5.98. The standard InChI is InChI=1S/C11H10F2N2O4/c1-5(9(16)15-11(14)18)19-10(17)8-6(12)3-2-4-7(8)13/h2-5H,1H3,(H3,14,15,16,18). The minimum atomic E-state index is -1.43. The van der Waals surface area contributed by atoms with Gasteiger partial charge in [0.25, 0.3) is 5.91 Å². The van der Waals surface area contributed by atoms with E-state index in [-0.39, 0.29) is 0 Å². The van der Waals surface area contributed by atoms with E-state index in [1.54, 1.807) is 5.32 Å². The molecule has 0 fully saturated rings. The molecule has 0 radical (unpaired) electrons. The molecular formula is C11H10F2N2O4. The highest BCUT2D eigenvalue weighted by Gasteiger charge is 2.24. The fourth-order valence-electron chi connectivity index (χ4n) is 1.19. The van der Waals surface area contributed by atoms with E-state index in [4.69, 9.17) is 0 Å². The second-order valence-electron chi connectivity index (χ2n) is 3.50. The van der Waals surface area contributed by atoms with Crippen molar-refractivity contribution >= 4 is 17.9 Å². The lowest BCUT2D eigenvalue weighted by Crippen LogP contribution is -2.42. The van der Waals surface area contributed by atoms with E-state index < -0.39 is 41.2 Å². The van der Waals surface area contributed by atoms with Crippen molar-refractivity contribution in [1.82, 2.24) is 5.32 Å². The maximum atomic E-state index is 13.2. The highest BCUT2D eigenvalue weighted by atomic mass is 19.1. The molecule has 1 aromatic rings. The second-order valence-corrected chi connectivity index (χ2v) is 3.50. The van der Waals surface area contributed by atoms with Gasteiger partial charge in [-0.15, -0.1) is 0 Å². The molecule has 1 unspecified atom stereocenters. The average Bonchev–Trinajstić information content (AvgIpc) is 2.27. The summed E-state index contributed by atoms with van der Waals surface area (Å²) < 4.78 is 31.0. The van der Waals surface area contributed by atoms with E-state index in [2.05, 4.69) is 10.5 Å². The molecule has 6 nitrogen and oxygen atoms in total. The van der Waals surface area contributed by atoms with Crippen molar-refractivity contribution in [2.45, 2.75) is 13.0 Å². The van der Waals surface area contributed by atoms with E-state index in [0.717, 1.165) is 25.1 Å². The number of benzene rings is 1. The molecule has 102 valence electrons. The third-order valence-electron chi connectivity index (χ3n) is 2.07. The van der Waals surface area contributed by atoms with E-state index in [9.17, 15) is 23.2 Å². The van der Waals surface area contributed by atoms with Crippen molar-refractivity contribution in [3.8, 4) is 0 Å². The Kier molecular flexibility index (Phi) is 4.51. The third kappa shape index (κ3) is 3.73. The summed E-state index contributed by atoms with van der Waals surface area (Å²) in [7, 11) is 0. The monoisotopic (exact) mass is 272 g/mol. The molecule has 1 aromatic carbocycles. The number of nitrogens with two attached hydrogens (primary N) is 1. The predicted octanol–water partition coefficient (Wildman–Crippen LogP) is 0.705. The number of esters is 1. The van der Waals surface area contributed by atoms with Crippen LogP contribution < -0.4 is 11.1 Å². The number of carbonyl (C=O) groups is 3. The van der Waals surface area contributed by atoms with Gasteiger partial charge in [-0.05, 0) is 19.1 Å². The van der Waals surface area contributed by atoms with Gasteiger partial charge < -0.3 is 10.5 Å². The summed E-state index contributed by atoms with van der Waals surface area (Å²) in [6.45, 7) is 1.12. The normalized spacial score (nSPS) is 11.5. The van der Waals surface area contributed by atoms with Gasteiger partial charge in [0.2, 0.25) is 0 Å². The molecule has 0 aromatic heterocycles. The number of urea groups is 1. The minimum Gasteiger partial charge on any atom is -0.449 e. The first-order valence-corrected chi connectivity index (χ1v) is 5.08. The Morgan fingerprint density at radius 1 is 1.26 bits per heavy atom. The van der Waals surface area contributed by atoms with Gasteiger partial charge in [0, 0.05) is 0 Å². The zero-order chi connectivity index (χ0) is 14.6. The van der Waals surface area contributed by atoms with Crippen LogP contribution in [0.5, 0.6) is 0 Å². The quantitative estimate of drug-likeness (QED) is 0.791. The second kappa shape index (κ2) is 5.89. The molecule has 0 aliphatic carbocycles. The van der Waals surface area contributed by atoms with Crippen LogP contribution in [0.1, 0.15) is 17.3 Å². The lowest BCUT2D eigenvalue weighted by molar-refractivity contribution is -0.127. The zero-order valence-electron chi connectivity index (χ0n) is 9.78. The summed E-state index contributed by atoms with van der Waals surface area (Å²) in [4.78, 5) is 33.1. The van der Waals surface area contributed by atoms with Gasteiger partial charge in [0.05, 0.1) is 0 Å². The summed E-state index contributed by atoms with van der Waals surface area (Å²) in [6, 6.07) is 1.68. The first-order valence-electron chi connectivity index (χ1n) is 5.08. The largest absolute Gasteiger partial charge is 0.449 e. The summed E-state index contributed by atoms with van der Waals surface area (Å²) in [5, 5.41) is 1.66. The zero-order valence-corrected chi connectivity index (χ0v) is 9.78. The first-order chi connectivity index (χ1) is 8.82. The molecular weight excluding hydrogens is 262 g/mol. The van der Waals surface area contributed by atoms with Crippen LogP contribution in [0.4, 0.5) is 13.6 Å². The number of ether oxygens (including phenoxy) is 1. The maximum Gasteiger partial charge on any atom is 0.344 e. The Labute approximate surface area is 106 Å². The Morgan fingerprint density at radius 2 is 1.79 bits per heavy atom. The lowest BCUT2D eigenvalue weighted by atomic mass is 10.2. The average molecular weight is 272 g/mol. The van der Waals surface area contributed by atoms with E-state index in [0.29, 0.717) is 0 Å². The van der Waals surface area contributed by atoms with Gasteiger partial charge in [-0.1, -0.05) is 6.07 Å². The summed E-state index contributed by atoms with van der Waals surface area (Å²) in [5.41, 5.74) is 3.77. The molecule has 1 atom stereocenters. The first kappa shape index (κ1) is 14.6. The van der Waals surface area contributed by atoms with Gasteiger partial charge in [-0.2, -0.15) is 0 Å². The predicted molar refractivity (Wildman–Crippen MR) is 59.0 cm³/mol. The molecule has 0 aliphatic heterocycles. The van der Waals surface area contributed by atoms with Gasteiger partial charge >= 0.3 is 12.0 Å². The van der Waals surface area contributed by atoms with Crippen molar-refractivity contribution in [3.05, 3.63) is 35.4 Å². The van der Waals surface area contributed by atoms with Crippen LogP contribution >= 0.6 is 0 Å². The topological polar surface area (TPSA) is 98.5 Å². The maximum absolute atomic E-state index is 13.2. The van der Waals surface area contributed by atoms with E-state index in [1.165, 1.54) is 0 Å². The van der Waals surface area contributed by atoms with Crippen LogP contribution in [-0.2, 0) is 9.53 Å². The Bertz CT molecular complexity index is 513. The number of carbonyl (C=O) groups excluding carboxylic acids is 3. The summed E-state index contributed by atoms with van der Waals surface area (Å²) in [5.74, 6) is -4.60. The number of primary amides is 1. The van der Waals surface area contributed by atoms with Gasteiger partial charge in [0.15, 0.2) is 6.10 Å². The number of hydrogen-bond donors (Lipinski definition) is 2. The fourth-order valence-corrected chi connectivity index (χ4v) is 1.19. The number of rotatable bonds is 3. The molecule has 0 spiro atoms. The van der Waals surface area contributed by atoms with Crippen LogP contribution in [0, 0.1) is 11.6 Å². The molecule has 19 heavy (non-hydrogen) atoms. The number of imide groups is 1. The molecule has 8 heteroatoms. The Balaban J connectivity index is 2.80. The van der Waals surface area contributed by atoms with Gasteiger partial charge in [0.1, 0.15) is 17.2 Å². The lowest BCUT2D eigenvalue weighted by Gasteiger charge is -2.12. The molecule has 0 saturated heterocycles. The van der Waals surface area contributed by atoms with Crippen LogP contribution in [0.3, 0.4) is 0 Å². The van der Waals surface area contributed by atoms with Crippen LogP contribution in [0.2, 0.25) is 0 Å². The molecule has 0 aliphatic rings.